The van der Waals surface area contributed by atoms with Gasteiger partial charge in [-0.05, 0) is 67.1 Å². The van der Waals surface area contributed by atoms with Crippen molar-refractivity contribution in [3.63, 3.8) is 0 Å². The van der Waals surface area contributed by atoms with Crippen molar-refractivity contribution in [1.29, 1.82) is 0 Å². The predicted molar refractivity (Wildman–Crippen MR) is 135 cm³/mol. The lowest BCUT2D eigenvalue weighted by molar-refractivity contribution is -0.139. The van der Waals surface area contributed by atoms with Gasteiger partial charge < -0.3 is 21.1 Å². The number of hydrogen-bond acceptors (Lipinski definition) is 5. The SMILES string of the molecule is CSCC[C@H](NC(=O)c1ccc(NC(=O)C2CCCNC2)cc1-c1ccccc1)C(=O)O.Cl. The van der Waals surface area contributed by atoms with Crippen LogP contribution in [0.4, 0.5) is 5.69 Å². The third-order valence-corrected chi connectivity index (χ3v) is 6.14. The van der Waals surface area contributed by atoms with Crippen LogP contribution in [0.1, 0.15) is 29.6 Å². The summed E-state index contributed by atoms with van der Waals surface area (Å²) in [4.78, 5) is 37.3. The molecule has 2 aromatic carbocycles. The molecular weight excluding hydrogens is 462 g/mol. The van der Waals surface area contributed by atoms with Gasteiger partial charge in [0.1, 0.15) is 6.04 Å². The second-order valence-corrected chi connectivity index (χ2v) is 8.79. The quantitative estimate of drug-likeness (QED) is 0.426. The molecule has 0 spiro atoms. The van der Waals surface area contributed by atoms with E-state index in [9.17, 15) is 19.5 Å². The molecule has 2 amide bonds. The number of rotatable bonds is 9. The summed E-state index contributed by atoms with van der Waals surface area (Å²) in [6, 6.07) is 13.5. The summed E-state index contributed by atoms with van der Waals surface area (Å²) < 4.78 is 0. The Hall–Kier alpha value is -2.55. The molecule has 33 heavy (non-hydrogen) atoms. The molecule has 178 valence electrons. The van der Waals surface area contributed by atoms with Gasteiger partial charge >= 0.3 is 5.97 Å². The number of piperidine rings is 1. The first-order valence-electron chi connectivity index (χ1n) is 10.7. The van der Waals surface area contributed by atoms with Gasteiger partial charge in [-0.2, -0.15) is 11.8 Å². The van der Waals surface area contributed by atoms with Crippen molar-refractivity contribution in [2.24, 2.45) is 5.92 Å². The lowest BCUT2D eigenvalue weighted by atomic mass is 9.96. The highest BCUT2D eigenvalue weighted by molar-refractivity contribution is 7.98. The van der Waals surface area contributed by atoms with Crippen molar-refractivity contribution < 1.29 is 19.5 Å². The zero-order valence-corrected chi connectivity index (χ0v) is 20.1. The van der Waals surface area contributed by atoms with Crippen molar-refractivity contribution in [3.8, 4) is 11.1 Å². The zero-order valence-electron chi connectivity index (χ0n) is 18.5. The number of carbonyl (C=O) groups excluding carboxylic acids is 2. The van der Waals surface area contributed by atoms with Crippen molar-refractivity contribution in [1.82, 2.24) is 10.6 Å². The van der Waals surface area contributed by atoms with E-state index in [0.717, 1.165) is 24.9 Å². The minimum absolute atomic E-state index is 0. The third kappa shape index (κ3) is 7.48. The van der Waals surface area contributed by atoms with Crippen molar-refractivity contribution in [3.05, 3.63) is 54.1 Å². The van der Waals surface area contributed by atoms with E-state index in [1.807, 2.05) is 36.6 Å². The maximum Gasteiger partial charge on any atom is 0.326 e. The van der Waals surface area contributed by atoms with E-state index < -0.39 is 17.9 Å². The van der Waals surface area contributed by atoms with Crippen LogP contribution in [0.3, 0.4) is 0 Å². The smallest absolute Gasteiger partial charge is 0.326 e. The highest BCUT2D eigenvalue weighted by atomic mass is 35.5. The lowest BCUT2D eigenvalue weighted by Gasteiger charge is -2.22. The van der Waals surface area contributed by atoms with Gasteiger partial charge in [0.25, 0.3) is 5.91 Å². The first kappa shape index (κ1) is 26.7. The van der Waals surface area contributed by atoms with Gasteiger partial charge in [0.05, 0.1) is 5.92 Å². The largest absolute Gasteiger partial charge is 0.480 e. The predicted octanol–water partition coefficient (Wildman–Crippen LogP) is 3.65. The molecule has 0 aliphatic carbocycles. The second-order valence-electron chi connectivity index (χ2n) is 7.80. The van der Waals surface area contributed by atoms with E-state index in [0.29, 0.717) is 35.5 Å². The standard InChI is InChI=1S/C24H29N3O4S.ClH/c1-32-13-11-21(24(30)31)27-23(29)19-10-9-18(14-20(19)16-6-3-2-4-7-16)26-22(28)17-8-5-12-25-15-17;/h2-4,6-7,9-10,14,17,21,25H,5,8,11-13,15H2,1H3,(H,26,28)(H,27,29)(H,30,31);1H/t17?,21-;/m0./s1. The number of amides is 2. The molecule has 1 saturated heterocycles. The lowest BCUT2D eigenvalue weighted by Crippen LogP contribution is -2.41. The minimum Gasteiger partial charge on any atom is -0.480 e. The van der Waals surface area contributed by atoms with Crippen LogP contribution < -0.4 is 16.0 Å². The molecular formula is C24H30ClN3O4S. The fourth-order valence-corrected chi connectivity index (χ4v) is 4.20. The molecule has 2 aromatic rings. The molecule has 1 unspecified atom stereocenters. The second kappa shape index (κ2) is 13.2. The normalized spacial score (nSPS) is 16.2. The van der Waals surface area contributed by atoms with Crippen LogP contribution in [-0.2, 0) is 9.59 Å². The van der Waals surface area contributed by atoms with Crippen LogP contribution in [0.5, 0.6) is 0 Å². The van der Waals surface area contributed by atoms with E-state index in [2.05, 4.69) is 16.0 Å². The Bertz CT molecular complexity index is 952. The number of carbonyl (C=O) groups is 3. The Morgan fingerprint density at radius 1 is 1.18 bits per heavy atom. The number of hydrogen-bond donors (Lipinski definition) is 4. The molecule has 0 bridgehead atoms. The van der Waals surface area contributed by atoms with Crippen LogP contribution in [0, 0.1) is 5.92 Å². The molecule has 7 nitrogen and oxygen atoms in total. The molecule has 1 fully saturated rings. The first-order chi connectivity index (χ1) is 15.5. The Kier molecular flexibility index (Phi) is 10.7. The van der Waals surface area contributed by atoms with Crippen molar-refractivity contribution in [2.45, 2.75) is 25.3 Å². The zero-order chi connectivity index (χ0) is 22.9. The van der Waals surface area contributed by atoms with Crippen LogP contribution in [0.2, 0.25) is 0 Å². The number of aliphatic carboxylic acids is 1. The minimum atomic E-state index is -1.06. The number of carboxylic acid groups (broad SMARTS) is 1. The maximum atomic E-state index is 13.0. The van der Waals surface area contributed by atoms with Crippen LogP contribution >= 0.6 is 24.2 Å². The highest BCUT2D eigenvalue weighted by Crippen LogP contribution is 2.28. The molecule has 9 heteroatoms. The van der Waals surface area contributed by atoms with Crippen LogP contribution in [0.15, 0.2) is 48.5 Å². The van der Waals surface area contributed by atoms with E-state index in [4.69, 9.17) is 0 Å². The molecule has 3 rings (SSSR count). The Morgan fingerprint density at radius 2 is 1.94 bits per heavy atom. The summed E-state index contributed by atoms with van der Waals surface area (Å²) in [5.74, 6) is -1.01. The molecule has 0 aromatic heterocycles. The van der Waals surface area contributed by atoms with E-state index in [1.54, 1.807) is 18.2 Å². The maximum absolute atomic E-state index is 13.0. The Balaban J connectivity index is 0.00000385. The first-order valence-corrected chi connectivity index (χ1v) is 12.1. The van der Waals surface area contributed by atoms with Crippen molar-refractivity contribution in [2.75, 3.05) is 30.4 Å². The molecule has 0 radical (unpaired) electrons. The van der Waals surface area contributed by atoms with Gasteiger partial charge in [0, 0.05) is 17.8 Å². The van der Waals surface area contributed by atoms with Gasteiger partial charge in [-0.15, -0.1) is 12.4 Å². The summed E-state index contributed by atoms with van der Waals surface area (Å²) in [6.45, 7) is 1.59. The van der Waals surface area contributed by atoms with Gasteiger partial charge in [-0.1, -0.05) is 30.3 Å². The number of nitrogens with one attached hydrogen (secondary N) is 3. The van der Waals surface area contributed by atoms with Crippen LogP contribution in [-0.4, -0.2) is 54.0 Å². The van der Waals surface area contributed by atoms with Gasteiger partial charge in [-0.3, -0.25) is 9.59 Å². The summed E-state index contributed by atoms with van der Waals surface area (Å²) in [5, 5.41) is 18.3. The Labute approximate surface area is 204 Å². The molecule has 1 aliphatic heterocycles. The summed E-state index contributed by atoms with van der Waals surface area (Å²) in [6.07, 6.45) is 4.04. The molecule has 2 atom stereocenters. The average Bonchev–Trinajstić information content (AvgIpc) is 2.82. The number of anilines is 1. The molecule has 1 heterocycles. The highest BCUT2D eigenvalue weighted by Gasteiger charge is 2.24. The Morgan fingerprint density at radius 3 is 2.58 bits per heavy atom. The average molecular weight is 492 g/mol. The molecule has 4 N–H and O–H groups in total. The van der Waals surface area contributed by atoms with Gasteiger partial charge in [-0.25, -0.2) is 4.79 Å². The third-order valence-electron chi connectivity index (χ3n) is 5.50. The number of carboxylic acids is 1. The monoisotopic (exact) mass is 491 g/mol. The number of benzene rings is 2. The van der Waals surface area contributed by atoms with E-state index >= 15 is 0 Å². The van der Waals surface area contributed by atoms with Crippen LogP contribution in [0.25, 0.3) is 11.1 Å². The number of thioether (sulfide) groups is 1. The van der Waals surface area contributed by atoms with E-state index in [1.165, 1.54) is 11.8 Å². The van der Waals surface area contributed by atoms with E-state index in [-0.39, 0.29) is 24.2 Å². The molecule has 1 aliphatic rings. The van der Waals surface area contributed by atoms with Crippen molar-refractivity contribution >= 4 is 47.6 Å². The summed E-state index contributed by atoms with van der Waals surface area (Å²) in [7, 11) is 0. The summed E-state index contributed by atoms with van der Waals surface area (Å²) >= 11 is 1.53. The summed E-state index contributed by atoms with van der Waals surface area (Å²) in [5.41, 5.74) is 2.41. The number of halogens is 1. The fourth-order valence-electron chi connectivity index (χ4n) is 3.73. The fraction of sp³-hybridized carbons (Fsp3) is 0.375. The topological polar surface area (TPSA) is 108 Å². The molecule has 0 saturated carbocycles. The van der Waals surface area contributed by atoms with Gasteiger partial charge in [0.2, 0.25) is 5.91 Å². The van der Waals surface area contributed by atoms with Gasteiger partial charge in [0.15, 0.2) is 0 Å².